The van der Waals surface area contributed by atoms with Gasteiger partial charge in [0.2, 0.25) is 11.9 Å². The van der Waals surface area contributed by atoms with Gasteiger partial charge in [-0.2, -0.15) is 31.3 Å². The molecule has 0 bridgehead atoms. The highest BCUT2D eigenvalue weighted by atomic mass is 35.5. The number of nitrogens with zero attached hydrogens (tertiary/aromatic N) is 2. The van der Waals surface area contributed by atoms with Crippen LogP contribution in [0.25, 0.3) is 0 Å². The fraction of sp³-hybridized carbons (Fsp3) is 0.500. The van der Waals surface area contributed by atoms with Crippen molar-refractivity contribution in [3.05, 3.63) is 40.0 Å². The van der Waals surface area contributed by atoms with E-state index >= 15 is 0 Å². The van der Waals surface area contributed by atoms with Gasteiger partial charge in [0.05, 0.1) is 10.7 Å². The van der Waals surface area contributed by atoms with Crippen LogP contribution in [0.15, 0.2) is 18.3 Å². The quantitative estimate of drug-likeness (QED) is 0.363. The highest BCUT2D eigenvalue weighted by Gasteiger charge is 2.49. The van der Waals surface area contributed by atoms with Crippen molar-refractivity contribution in [2.45, 2.75) is 50.6 Å². The van der Waals surface area contributed by atoms with Crippen molar-refractivity contribution in [1.82, 2.24) is 20.6 Å². The van der Waals surface area contributed by atoms with Gasteiger partial charge in [-0.1, -0.05) is 11.6 Å². The summed E-state index contributed by atoms with van der Waals surface area (Å²) >= 11 is 6.31. The minimum absolute atomic E-state index is 0.170. The number of benzene rings is 1. The zero-order valence-electron chi connectivity index (χ0n) is 18.8. The molecular weight excluding hydrogens is 514 g/mol. The Hall–Kier alpha value is -2.80. The van der Waals surface area contributed by atoms with Crippen molar-refractivity contribution >= 4 is 35.0 Å². The number of hydrogen-bond acceptors (Lipinski definition) is 6. The maximum absolute atomic E-state index is 13.5. The topological polar surface area (TPSA) is 91.0 Å². The van der Waals surface area contributed by atoms with Crippen LogP contribution >= 0.6 is 11.6 Å². The number of fused-ring (bicyclic) bond motifs is 1. The van der Waals surface area contributed by atoms with Crippen molar-refractivity contribution in [2.24, 2.45) is 5.92 Å². The first-order valence-corrected chi connectivity index (χ1v) is 11.6. The van der Waals surface area contributed by atoms with Crippen LogP contribution < -0.4 is 21.3 Å². The molecule has 196 valence electrons. The second kappa shape index (κ2) is 10.3. The van der Waals surface area contributed by atoms with Gasteiger partial charge in [0.1, 0.15) is 17.4 Å². The molecule has 2 aliphatic rings. The Kier molecular flexibility index (Phi) is 7.51. The van der Waals surface area contributed by atoms with Gasteiger partial charge in [-0.25, -0.2) is 4.98 Å². The maximum atomic E-state index is 13.5. The summed E-state index contributed by atoms with van der Waals surface area (Å²) in [5.41, 5.74) is 1.28. The molecular formula is C22H23ClF6N6O. The minimum Gasteiger partial charge on any atom is -0.369 e. The summed E-state index contributed by atoms with van der Waals surface area (Å²) in [6, 6.07) is 1.58. The SMILES string of the molecule is O=C(CCNc1nc(Nc2cc3c(cc2Cl)CNCC3)ncc1C(F)(F)F)N[C@@H](C1CC1)C(F)(F)F. The normalized spacial score (nSPS) is 16.8. The Morgan fingerprint density at radius 3 is 2.58 bits per heavy atom. The van der Waals surface area contributed by atoms with Crippen LogP contribution in [-0.4, -0.2) is 41.2 Å². The summed E-state index contributed by atoms with van der Waals surface area (Å²) in [5.74, 6) is -2.37. The molecule has 2 aromatic rings. The number of nitrogens with one attached hydrogen (secondary N) is 4. The molecule has 1 aliphatic heterocycles. The van der Waals surface area contributed by atoms with Crippen LogP contribution in [0.3, 0.4) is 0 Å². The molecule has 1 aromatic carbocycles. The number of anilines is 3. The number of hydrogen-bond donors (Lipinski definition) is 4. The monoisotopic (exact) mass is 536 g/mol. The second-order valence-corrected chi connectivity index (χ2v) is 9.11. The van der Waals surface area contributed by atoms with Gasteiger partial charge in [-0.05, 0) is 55.0 Å². The van der Waals surface area contributed by atoms with Crippen molar-refractivity contribution in [3.8, 4) is 0 Å². The standard InChI is InChI=1S/C22H23ClF6N6O/c23-15-7-13-9-30-5-3-12(13)8-16(15)33-20-32-10-14(21(24,25)26)19(35-20)31-6-4-17(36)34-18(11-1-2-11)22(27,28)29/h7-8,10-11,18,30H,1-6,9H2,(H,34,36)(H2,31,32,33,35)/t18-/m0/s1. The van der Waals surface area contributed by atoms with E-state index in [1.54, 1.807) is 12.1 Å². The molecule has 0 radical (unpaired) electrons. The Bertz CT molecular complexity index is 1120. The number of carbonyl (C=O) groups excluding carboxylic acids is 1. The highest BCUT2D eigenvalue weighted by molar-refractivity contribution is 6.33. The van der Waals surface area contributed by atoms with Crippen molar-refractivity contribution in [2.75, 3.05) is 23.7 Å². The maximum Gasteiger partial charge on any atom is 0.421 e. The first-order valence-electron chi connectivity index (χ1n) is 11.2. The van der Waals surface area contributed by atoms with E-state index in [4.69, 9.17) is 11.6 Å². The first kappa shape index (κ1) is 26.3. The van der Waals surface area contributed by atoms with Gasteiger partial charge in [-0.3, -0.25) is 4.79 Å². The second-order valence-electron chi connectivity index (χ2n) is 8.71. The largest absolute Gasteiger partial charge is 0.421 e. The van der Waals surface area contributed by atoms with Gasteiger partial charge in [0, 0.05) is 25.7 Å². The summed E-state index contributed by atoms with van der Waals surface area (Å²) < 4.78 is 79.7. The van der Waals surface area contributed by atoms with Crippen molar-refractivity contribution < 1.29 is 31.1 Å². The Morgan fingerprint density at radius 2 is 1.92 bits per heavy atom. The molecule has 1 atom stereocenters. The first-order chi connectivity index (χ1) is 16.9. The third-order valence-corrected chi connectivity index (χ3v) is 6.24. The Labute approximate surface area is 207 Å². The molecule has 2 heterocycles. The number of alkyl halides is 6. The predicted molar refractivity (Wildman–Crippen MR) is 121 cm³/mol. The average molecular weight is 537 g/mol. The van der Waals surface area contributed by atoms with E-state index in [-0.39, 0.29) is 12.5 Å². The lowest BCUT2D eigenvalue weighted by molar-refractivity contribution is -0.165. The summed E-state index contributed by atoms with van der Waals surface area (Å²) in [7, 11) is 0. The van der Waals surface area contributed by atoms with Crippen molar-refractivity contribution in [1.29, 1.82) is 0 Å². The van der Waals surface area contributed by atoms with Gasteiger partial charge in [0.15, 0.2) is 0 Å². The number of carbonyl (C=O) groups is 1. The molecule has 1 fully saturated rings. The Morgan fingerprint density at radius 1 is 1.17 bits per heavy atom. The molecule has 1 amide bonds. The molecule has 1 saturated carbocycles. The molecule has 0 spiro atoms. The minimum atomic E-state index is -4.80. The fourth-order valence-corrected chi connectivity index (χ4v) is 4.17. The fourth-order valence-electron chi connectivity index (χ4n) is 3.94. The molecule has 1 aromatic heterocycles. The molecule has 4 rings (SSSR count). The molecule has 36 heavy (non-hydrogen) atoms. The van der Waals surface area contributed by atoms with Crippen LogP contribution in [0.2, 0.25) is 5.02 Å². The van der Waals surface area contributed by atoms with E-state index in [9.17, 15) is 31.1 Å². The lowest BCUT2D eigenvalue weighted by atomic mass is 10.0. The summed E-state index contributed by atoms with van der Waals surface area (Å²) in [6.07, 6.45) is -7.81. The van der Waals surface area contributed by atoms with Crippen molar-refractivity contribution in [3.63, 3.8) is 0 Å². The smallest absolute Gasteiger partial charge is 0.369 e. The van der Waals surface area contributed by atoms with Crippen LogP contribution in [0.5, 0.6) is 0 Å². The number of rotatable bonds is 8. The summed E-state index contributed by atoms with van der Waals surface area (Å²) in [4.78, 5) is 19.6. The van der Waals surface area contributed by atoms with Gasteiger partial charge < -0.3 is 21.3 Å². The van der Waals surface area contributed by atoms with Gasteiger partial charge in [-0.15, -0.1) is 0 Å². The average Bonchev–Trinajstić information content (AvgIpc) is 3.62. The van der Waals surface area contributed by atoms with Crippen LogP contribution in [0.1, 0.15) is 36.0 Å². The number of aromatic nitrogens is 2. The molecule has 4 N–H and O–H groups in total. The van der Waals surface area contributed by atoms with Gasteiger partial charge >= 0.3 is 12.4 Å². The van der Waals surface area contributed by atoms with Gasteiger partial charge in [0.25, 0.3) is 0 Å². The van der Waals surface area contributed by atoms with E-state index < -0.39 is 48.0 Å². The molecule has 7 nitrogen and oxygen atoms in total. The Balaban J connectivity index is 1.45. The summed E-state index contributed by atoms with van der Waals surface area (Å²) in [5, 5.41) is 10.7. The van der Waals surface area contributed by atoms with E-state index in [2.05, 4.69) is 25.9 Å². The van der Waals surface area contributed by atoms with E-state index in [1.165, 1.54) is 0 Å². The summed E-state index contributed by atoms with van der Waals surface area (Å²) in [6.45, 7) is 1.06. The lowest BCUT2D eigenvalue weighted by Gasteiger charge is -2.21. The van der Waals surface area contributed by atoms with Crippen LogP contribution in [-0.2, 0) is 23.9 Å². The zero-order valence-corrected chi connectivity index (χ0v) is 19.5. The van der Waals surface area contributed by atoms with Crippen LogP contribution in [0, 0.1) is 5.92 Å². The molecule has 0 unspecified atom stereocenters. The van der Waals surface area contributed by atoms with E-state index in [0.29, 0.717) is 36.3 Å². The number of halogens is 7. The van der Waals surface area contributed by atoms with E-state index in [1.807, 2.05) is 5.32 Å². The zero-order chi connectivity index (χ0) is 26.1. The molecule has 0 saturated heterocycles. The number of amides is 1. The molecule has 1 aliphatic carbocycles. The highest BCUT2D eigenvalue weighted by Crippen LogP contribution is 2.40. The molecule has 14 heteroatoms. The van der Waals surface area contributed by atoms with Crippen LogP contribution in [0.4, 0.5) is 43.8 Å². The third-order valence-electron chi connectivity index (χ3n) is 5.92. The lowest BCUT2D eigenvalue weighted by Crippen LogP contribution is -2.47. The van der Waals surface area contributed by atoms with E-state index in [0.717, 1.165) is 24.1 Å². The predicted octanol–water partition coefficient (Wildman–Crippen LogP) is 4.80. The third kappa shape index (κ3) is 6.49.